The normalized spacial score (nSPS) is 12.7. The summed E-state index contributed by atoms with van der Waals surface area (Å²) in [6, 6.07) is 5.83. The van der Waals surface area contributed by atoms with E-state index in [1.54, 1.807) is 0 Å². The third-order valence-corrected chi connectivity index (χ3v) is 4.38. The van der Waals surface area contributed by atoms with E-state index in [9.17, 15) is 0 Å². The van der Waals surface area contributed by atoms with Crippen LogP contribution in [0.15, 0.2) is 18.2 Å². The molecule has 0 aliphatic rings. The van der Waals surface area contributed by atoms with Crippen LogP contribution in [0, 0.1) is 13.8 Å². The Kier molecular flexibility index (Phi) is 4.74. The van der Waals surface area contributed by atoms with Gasteiger partial charge in [0.15, 0.2) is 0 Å². The van der Waals surface area contributed by atoms with Crippen LogP contribution in [0.1, 0.15) is 35.5 Å². The lowest BCUT2D eigenvalue weighted by Crippen LogP contribution is -2.14. The molecule has 3 nitrogen and oxygen atoms in total. The fourth-order valence-electron chi connectivity index (χ4n) is 2.47. The molecule has 1 heterocycles. The van der Waals surface area contributed by atoms with Gasteiger partial charge in [-0.05, 0) is 40.0 Å². The number of aryl methyl sites for hydroxylation is 1. The summed E-state index contributed by atoms with van der Waals surface area (Å²) in [5, 5.41) is 9.22. The number of aromatic nitrogens is 2. The molecule has 0 amide bonds. The summed E-state index contributed by atoms with van der Waals surface area (Å²) in [6.07, 6.45) is 0. The highest BCUT2D eigenvalue weighted by atomic mass is 35.5. The Labute approximate surface area is 129 Å². The maximum absolute atomic E-state index is 6.23. The highest BCUT2D eigenvalue weighted by molar-refractivity contribution is 6.35. The first-order chi connectivity index (χ1) is 9.45. The van der Waals surface area contributed by atoms with Crippen molar-refractivity contribution in [3.8, 4) is 0 Å². The van der Waals surface area contributed by atoms with Crippen molar-refractivity contribution in [3.63, 3.8) is 0 Å². The molecule has 1 atom stereocenters. The number of nitrogens with one attached hydrogen (secondary N) is 1. The van der Waals surface area contributed by atoms with Crippen LogP contribution in [0.2, 0.25) is 10.0 Å². The van der Waals surface area contributed by atoms with Crippen LogP contribution >= 0.6 is 23.2 Å². The smallest absolute Gasteiger partial charge is 0.0692 e. The fourth-order valence-corrected chi connectivity index (χ4v) is 2.99. The molecule has 5 heteroatoms. The molecule has 0 saturated carbocycles. The third kappa shape index (κ3) is 2.85. The second kappa shape index (κ2) is 6.17. The number of rotatable bonds is 4. The van der Waals surface area contributed by atoms with E-state index in [1.165, 1.54) is 5.56 Å². The van der Waals surface area contributed by atoms with Crippen molar-refractivity contribution in [2.75, 3.05) is 7.05 Å². The zero-order chi connectivity index (χ0) is 14.9. The zero-order valence-electron chi connectivity index (χ0n) is 12.2. The molecule has 1 unspecified atom stereocenters. The van der Waals surface area contributed by atoms with Crippen LogP contribution in [0.5, 0.6) is 0 Å². The van der Waals surface area contributed by atoms with Gasteiger partial charge in [-0.3, -0.25) is 4.68 Å². The molecule has 2 aromatic rings. The lowest BCUT2D eigenvalue weighted by atomic mass is 10.1. The first kappa shape index (κ1) is 15.4. The number of nitrogens with zero attached hydrogens (tertiary/aromatic N) is 2. The largest absolute Gasteiger partial charge is 0.313 e. The van der Waals surface area contributed by atoms with Gasteiger partial charge in [0.1, 0.15) is 0 Å². The molecular weight excluding hydrogens is 293 g/mol. The molecule has 1 aromatic heterocycles. The van der Waals surface area contributed by atoms with E-state index < -0.39 is 0 Å². The number of halogens is 2. The quantitative estimate of drug-likeness (QED) is 0.920. The van der Waals surface area contributed by atoms with Gasteiger partial charge in [0.25, 0.3) is 0 Å². The Morgan fingerprint density at radius 1 is 1.25 bits per heavy atom. The maximum Gasteiger partial charge on any atom is 0.0692 e. The molecular formula is C15H19Cl2N3. The minimum absolute atomic E-state index is 0.269. The molecule has 20 heavy (non-hydrogen) atoms. The summed E-state index contributed by atoms with van der Waals surface area (Å²) in [6.45, 7) is 6.82. The van der Waals surface area contributed by atoms with Gasteiger partial charge in [-0.2, -0.15) is 5.10 Å². The highest BCUT2D eigenvalue weighted by Crippen LogP contribution is 2.27. The van der Waals surface area contributed by atoms with E-state index in [2.05, 4.69) is 24.3 Å². The van der Waals surface area contributed by atoms with E-state index in [0.29, 0.717) is 16.6 Å². The van der Waals surface area contributed by atoms with Crippen LogP contribution in [0.4, 0.5) is 0 Å². The Morgan fingerprint density at radius 2 is 1.85 bits per heavy atom. The Morgan fingerprint density at radius 3 is 2.40 bits per heavy atom. The van der Waals surface area contributed by atoms with Crippen molar-refractivity contribution in [1.29, 1.82) is 0 Å². The van der Waals surface area contributed by atoms with Gasteiger partial charge in [-0.15, -0.1) is 0 Å². The predicted molar refractivity (Wildman–Crippen MR) is 84.7 cm³/mol. The second-order valence-electron chi connectivity index (χ2n) is 4.95. The van der Waals surface area contributed by atoms with Crippen molar-refractivity contribution >= 4 is 23.2 Å². The predicted octanol–water partition coefficient (Wildman–Crippen LogP) is 4.14. The van der Waals surface area contributed by atoms with Gasteiger partial charge < -0.3 is 5.32 Å². The lowest BCUT2D eigenvalue weighted by Gasteiger charge is -2.12. The van der Waals surface area contributed by atoms with Crippen molar-refractivity contribution < 1.29 is 0 Å². The van der Waals surface area contributed by atoms with Crippen molar-refractivity contribution in [3.05, 3.63) is 50.8 Å². The van der Waals surface area contributed by atoms with Gasteiger partial charge in [0, 0.05) is 32.9 Å². The molecule has 0 bridgehead atoms. The molecule has 108 valence electrons. The molecule has 0 fully saturated rings. The summed E-state index contributed by atoms with van der Waals surface area (Å²) in [4.78, 5) is 0. The number of hydrogen-bond donors (Lipinski definition) is 1. The Hall–Kier alpha value is -1.03. The first-order valence-corrected chi connectivity index (χ1v) is 7.35. The van der Waals surface area contributed by atoms with Crippen LogP contribution < -0.4 is 5.32 Å². The monoisotopic (exact) mass is 311 g/mol. The molecule has 0 saturated heterocycles. The van der Waals surface area contributed by atoms with Crippen LogP contribution in [0.25, 0.3) is 0 Å². The maximum atomic E-state index is 6.23. The zero-order valence-corrected chi connectivity index (χ0v) is 13.7. The van der Waals surface area contributed by atoms with Gasteiger partial charge in [-0.1, -0.05) is 29.3 Å². The lowest BCUT2D eigenvalue weighted by molar-refractivity contribution is 0.632. The average Bonchev–Trinajstić information content (AvgIpc) is 2.68. The van der Waals surface area contributed by atoms with Crippen LogP contribution in [-0.4, -0.2) is 16.8 Å². The van der Waals surface area contributed by atoms with E-state index in [-0.39, 0.29) is 6.04 Å². The van der Waals surface area contributed by atoms with E-state index in [1.807, 2.05) is 36.9 Å². The fraction of sp³-hybridized carbons (Fsp3) is 0.400. The average molecular weight is 312 g/mol. The first-order valence-electron chi connectivity index (χ1n) is 6.59. The summed E-state index contributed by atoms with van der Waals surface area (Å²) in [7, 11) is 1.95. The summed E-state index contributed by atoms with van der Waals surface area (Å²) < 4.78 is 1.96. The van der Waals surface area contributed by atoms with E-state index >= 15 is 0 Å². The van der Waals surface area contributed by atoms with Gasteiger partial charge in [0.2, 0.25) is 0 Å². The molecule has 0 spiro atoms. The third-order valence-electron chi connectivity index (χ3n) is 3.67. The van der Waals surface area contributed by atoms with Crippen molar-refractivity contribution in [1.82, 2.24) is 15.1 Å². The minimum atomic E-state index is 0.269. The molecule has 0 aliphatic heterocycles. The Balaban J connectivity index is 2.40. The van der Waals surface area contributed by atoms with Gasteiger partial charge >= 0.3 is 0 Å². The molecule has 0 radical (unpaired) electrons. The summed E-state index contributed by atoms with van der Waals surface area (Å²) in [5.41, 5.74) is 4.31. The molecule has 1 N–H and O–H groups in total. The Bertz CT molecular complexity index is 600. The summed E-state index contributed by atoms with van der Waals surface area (Å²) in [5.74, 6) is 0. The van der Waals surface area contributed by atoms with Crippen LogP contribution in [0.3, 0.4) is 0 Å². The molecule has 2 rings (SSSR count). The van der Waals surface area contributed by atoms with E-state index in [0.717, 1.165) is 17.0 Å². The van der Waals surface area contributed by atoms with Gasteiger partial charge in [0.05, 0.1) is 12.2 Å². The van der Waals surface area contributed by atoms with Crippen molar-refractivity contribution in [2.45, 2.75) is 33.4 Å². The second-order valence-corrected chi connectivity index (χ2v) is 5.77. The molecule has 0 aliphatic carbocycles. The summed E-state index contributed by atoms with van der Waals surface area (Å²) >= 11 is 12.5. The topological polar surface area (TPSA) is 29.9 Å². The molecule has 1 aromatic carbocycles. The minimum Gasteiger partial charge on any atom is -0.313 e. The van der Waals surface area contributed by atoms with Gasteiger partial charge in [-0.25, -0.2) is 0 Å². The SMILES string of the molecule is CNC(C)c1c(C)nn(Cc2c(Cl)cccc2Cl)c1C. The number of benzene rings is 1. The van der Waals surface area contributed by atoms with Crippen molar-refractivity contribution in [2.24, 2.45) is 0 Å². The highest BCUT2D eigenvalue weighted by Gasteiger charge is 2.17. The van der Waals surface area contributed by atoms with Crippen LogP contribution in [-0.2, 0) is 6.54 Å². The van der Waals surface area contributed by atoms with E-state index in [4.69, 9.17) is 23.2 Å². The standard InChI is InChI=1S/C15H19Cl2N3/c1-9(18-4)15-10(2)19-20(11(15)3)8-12-13(16)6-5-7-14(12)17/h5-7,9,18H,8H2,1-4H3. The number of hydrogen-bond acceptors (Lipinski definition) is 2.